The Balaban J connectivity index is 2.31. The number of hydrogen-bond donors (Lipinski definition) is 2. The summed E-state index contributed by atoms with van der Waals surface area (Å²) in [5.74, 6) is 0.707. The molecule has 0 radical (unpaired) electrons. The van der Waals surface area contributed by atoms with E-state index in [9.17, 15) is 9.59 Å². The smallest absolute Gasteiger partial charge is 0.254 e. The third kappa shape index (κ3) is 2.01. The zero-order valence-corrected chi connectivity index (χ0v) is 9.20. The monoisotopic (exact) mass is 242 g/mol. The molecule has 86 valence electrons. The highest BCUT2D eigenvalue weighted by molar-refractivity contribution is 6.18. The lowest BCUT2D eigenvalue weighted by molar-refractivity contribution is -0.117. The summed E-state index contributed by atoms with van der Waals surface area (Å²) in [5.41, 5.74) is 5.07. The minimum Gasteiger partial charge on any atom is -0.383 e. The second kappa shape index (κ2) is 4.13. The maximum absolute atomic E-state index is 11.6. The van der Waals surface area contributed by atoms with Gasteiger partial charge in [-0.25, -0.2) is 0 Å². The van der Waals surface area contributed by atoms with Crippen molar-refractivity contribution >= 4 is 29.3 Å². The predicted molar refractivity (Wildman–Crippen MR) is 60.5 cm³/mol. The fourth-order valence-electron chi connectivity index (χ4n) is 1.68. The first-order valence-electron chi connectivity index (χ1n) is 4.83. The van der Waals surface area contributed by atoms with Crippen LogP contribution in [0.4, 0.5) is 11.8 Å². The summed E-state index contributed by atoms with van der Waals surface area (Å²) >= 11 is 5.69. The number of carbonyl (C=O) groups excluding carboxylic acids is 1. The summed E-state index contributed by atoms with van der Waals surface area (Å²) in [5, 5.41) is 0. The highest BCUT2D eigenvalue weighted by Gasteiger charge is 2.31. The molecular weight excluding hydrogens is 232 g/mol. The molecule has 0 saturated carbocycles. The number of rotatable bonds is 2. The van der Waals surface area contributed by atoms with E-state index >= 15 is 0 Å². The molecule has 6 nitrogen and oxygen atoms in total. The van der Waals surface area contributed by atoms with Gasteiger partial charge >= 0.3 is 0 Å². The van der Waals surface area contributed by atoms with E-state index in [2.05, 4.69) is 9.97 Å². The molecule has 1 atom stereocenters. The molecule has 1 aromatic heterocycles. The number of amides is 1. The lowest BCUT2D eigenvalue weighted by Crippen LogP contribution is -2.29. The van der Waals surface area contributed by atoms with Crippen LogP contribution in [0.15, 0.2) is 10.9 Å². The average Bonchev–Trinajstić information content (AvgIpc) is 2.58. The third-order valence-electron chi connectivity index (χ3n) is 2.43. The number of nitrogens with one attached hydrogen (secondary N) is 1. The standard InChI is InChI=1S/C9H11ClN4O2/c10-3-5-1-8(16)14(4-5)9-12-6(11)2-7(15)13-9/h2,5H,1,3-4H2,(H3,11,12,13,15). The van der Waals surface area contributed by atoms with Crippen molar-refractivity contribution in [3.8, 4) is 0 Å². The van der Waals surface area contributed by atoms with Gasteiger partial charge in [0.05, 0.1) is 0 Å². The van der Waals surface area contributed by atoms with Crippen molar-refractivity contribution in [3.05, 3.63) is 16.4 Å². The van der Waals surface area contributed by atoms with E-state index in [1.54, 1.807) is 0 Å². The minimum atomic E-state index is -0.371. The van der Waals surface area contributed by atoms with Gasteiger partial charge in [0.1, 0.15) is 5.82 Å². The molecule has 2 heterocycles. The quantitative estimate of drug-likeness (QED) is 0.711. The number of H-pyrrole nitrogens is 1. The van der Waals surface area contributed by atoms with Gasteiger partial charge in [-0.15, -0.1) is 11.6 Å². The van der Waals surface area contributed by atoms with Gasteiger partial charge in [0.25, 0.3) is 5.56 Å². The van der Waals surface area contributed by atoms with Crippen molar-refractivity contribution in [1.29, 1.82) is 0 Å². The van der Waals surface area contributed by atoms with Crippen LogP contribution in [0, 0.1) is 5.92 Å². The van der Waals surface area contributed by atoms with Crippen LogP contribution in [0.5, 0.6) is 0 Å². The SMILES string of the molecule is Nc1cc(=O)[nH]c(N2CC(CCl)CC2=O)n1. The van der Waals surface area contributed by atoms with Crippen LogP contribution in [-0.4, -0.2) is 28.3 Å². The largest absolute Gasteiger partial charge is 0.383 e. The molecule has 1 fully saturated rings. The summed E-state index contributed by atoms with van der Waals surface area (Å²) < 4.78 is 0. The van der Waals surface area contributed by atoms with Gasteiger partial charge in [-0.3, -0.25) is 19.5 Å². The summed E-state index contributed by atoms with van der Waals surface area (Å²) in [4.78, 5) is 30.6. The summed E-state index contributed by atoms with van der Waals surface area (Å²) in [6, 6.07) is 1.17. The molecule has 1 aromatic rings. The van der Waals surface area contributed by atoms with E-state index < -0.39 is 0 Å². The molecule has 0 bridgehead atoms. The first-order chi connectivity index (χ1) is 7.60. The number of halogens is 1. The van der Waals surface area contributed by atoms with Crippen LogP contribution in [0.25, 0.3) is 0 Å². The van der Waals surface area contributed by atoms with E-state index in [1.807, 2.05) is 0 Å². The van der Waals surface area contributed by atoms with Crippen molar-refractivity contribution in [2.24, 2.45) is 5.92 Å². The Bertz CT molecular complexity index is 473. The van der Waals surface area contributed by atoms with Crippen molar-refractivity contribution < 1.29 is 4.79 Å². The maximum atomic E-state index is 11.6. The number of aromatic amines is 1. The van der Waals surface area contributed by atoms with Crippen LogP contribution >= 0.6 is 11.6 Å². The number of hydrogen-bond acceptors (Lipinski definition) is 4. The Morgan fingerprint density at radius 3 is 2.94 bits per heavy atom. The number of carbonyl (C=O) groups is 1. The fourth-order valence-corrected chi connectivity index (χ4v) is 1.89. The number of anilines is 2. The Kier molecular flexibility index (Phi) is 2.82. The first-order valence-corrected chi connectivity index (χ1v) is 5.37. The summed E-state index contributed by atoms with van der Waals surface area (Å²) in [6.07, 6.45) is 0.377. The summed E-state index contributed by atoms with van der Waals surface area (Å²) in [7, 11) is 0. The minimum absolute atomic E-state index is 0.0978. The molecule has 16 heavy (non-hydrogen) atoms. The molecule has 0 aromatic carbocycles. The highest BCUT2D eigenvalue weighted by Crippen LogP contribution is 2.22. The highest BCUT2D eigenvalue weighted by atomic mass is 35.5. The van der Waals surface area contributed by atoms with Crippen molar-refractivity contribution in [2.45, 2.75) is 6.42 Å². The van der Waals surface area contributed by atoms with E-state index in [1.165, 1.54) is 11.0 Å². The molecule has 3 N–H and O–H groups in total. The van der Waals surface area contributed by atoms with Gasteiger partial charge in [-0.1, -0.05) is 0 Å². The zero-order chi connectivity index (χ0) is 11.7. The van der Waals surface area contributed by atoms with Crippen molar-refractivity contribution in [3.63, 3.8) is 0 Å². The van der Waals surface area contributed by atoms with Crippen LogP contribution < -0.4 is 16.2 Å². The lowest BCUT2D eigenvalue weighted by atomic mass is 10.2. The van der Waals surface area contributed by atoms with Gasteiger partial charge < -0.3 is 5.73 Å². The molecule has 0 spiro atoms. The summed E-state index contributed by atoms with van der Waals surface area (Å²) in [6.45, 7) is 0.467. The van der Waals surface area contributed by atoms with Crippen LogP contribution in [-0.2, 0) is 4.79 Å². The van der Waals surface area contributed by atoms with Crippen LogP contribution in [0.1, 0.15) is 6.42 Å². The second-order valence-electron chi connectivity index (χ2n) is 3.72. The molecule has 1 aliphatic heterocycles. The number of alkyl halides is 1. The Labute approximate surface area is 96.4 Å². The molecule has 1 amide bonds. The maximum Gasteiger partial charge on any atom is 0.254 e. The molecule has 2 rings (SSSR count). The van der Waals surface area contributed by atoms with E-state index in [4.69, 9.17) is 17.3 Å². The Morgan fingerprint density at radius 2 is 2.38 bits per heavy atom. The van der Waals surface area contributed by atoms with E-state index in [0.29, 0.717) is 18.8 Å². The third-order valence-corrected chi connectivity index (χ3v) is 2.86. The lowest BCUT2D eigenvalue weighted by Gasteiger charge is -2.14. The van der Waals surface area contributed by atoms with Crippen molar-refractivity contribution in [1.82, 2.24) is 9.97 Å². The molecule has 1 aliphatic rings. The molecule has 0 aliphatic carbocycles. The van der Waals surface area contributed by atoms with E-state index in [0.717, 1.165) is 0 Å². The molecule has 1 unspecified atom stereocenters. The number of nitrogens with two attached hydrogens (primary N) is 1. The molecular formula is C9H11ClN4O2. The van der Waals surface area contributed by atoms with Gasteiger partial charge in [0, 0.05) is 24.9 Å². The first kappa shape index (κ1) is 10.9. The molecule has 1 saturated heterocycles. The second-order valence-corrected chi connectivity index (χ2v) is 4.03. The number of nitrogen functional groups attached to an aromatic ring is 1. The Hall–Kier alpha value is -1.56. The van der Waals surface area contributed by atoms with Gasteiger partial charge in [0.15, 0.2) is 0 Å². The van der Waals surface area contributed by atoms with Crippen LogP contribution in [0.3, 0.4) is 0 Å². The fraction of sp³-hybridized carbons (Fsp3) is 0.444. The predicted octanol–water partition coefficient (Wildman–Crippen LogP) is -0.0562. The number of nitrogens with zero attached hydrogens (tertiary/aromatic N) is 2. The topological polar surface area (TPSA) is 92.1 Å². The average molecular weight is 243 g/mol. The van der Waals surface area contributed by atoms with Gasteiger partial charge in [-0.05, 0) is 5.92 Å². The van der Waals surface area contributed by atoms with Crippen LogP contribution in [0.2, 0.25) is 0 Å². The molecule has 7 heteroatoms. The van der Waals surface area contributed by atoms with Gasteiger partial charge in [-0.2, -0.15) is 4.98 Å². The Morgan fingerprint density at radius 1 is 1.62 bits per heavy atom. The van der Waals surface area contributed by atoms with Gasteiger partial charge in [0.2, 0.25) is 11.9 Å². The number of aromatic nitrogens is 2. The normalized spacial score (nSPS) is 20.4. The zero-order valence-electron chi connectivity index (χ0n) is 8.44. The van der Waals surface area contributed by atoms with Crippen molar-refractivity contribution in [2.75, 3.05) is 23.1 Å². The van der Waals surface area contributed by atoms with E-state index in [-0.39, 0.29) is 29.2 Å².